The molecule has 1 heterocycles. The van der Waals surface area contributed by atoms with Crippen LogP contribution in [0, 0.1) is 6.92 Å². The lowest BCUT2D eigenvalue weighted by Crippen LogP contribution is -2.22. The van der Waals surface area contributed by atoms with Crippen molar-refractivity contribution >= 4 is 33.2 Å². The number of thiazole rings is 1. The van der Waals surface area contributed by atoms with E-state index in [4.69, 9.17) is 0 Å². The molecule has 0 radical (unpaired) electrons. The zero-order valence-corrected chi connectivity index (χ0v) is 11.6. The quantitative estimate of drug-likeness (QED) is 0.946. The van der Waals surface area contributed by atoms with Crippen molar-refractivity contribution in [1.29, 1.82) is 0 Å². The lowest BCUT2D eigenvalue weighted by atomic mass is 10.1. The second kappa shape index (κ2) is 5.42. The molecule has 1 N–H and O–H groups in total. The van der Waals surface area contributed by atoms with Crippen molar-refractivity contribution in [2.45, 2.75) is 13.5 Å². The molecule has 2 aromatic rings. The number of nitrogens with one attached hydrogen (secondary N) is 1. The second-order valence-electron chi connectivity index (χ2n) is 3.61. The van der Waals surface area contributed by atoms with Crippen LogP contribution in [-0.2, 0) is 6.54 Å². The Bertz CT molecular complexity index is 525. The number of amides is 1. The third-order valence-electron chi connectivity index (χ3n) is 2.33. The summed E-state index contributed by atoms with van der Waals surface area (Å²) in [6, 6.07) is 5.56. The molecule has 0 saturated carbocycles. The van der Waals surface area contributed by atoms with E-state index in [-0.39, 0.29) is 5.91 Å². The van der Waals surface area contributed by atoms with Gasteiger partial charge in [-0.1, -0.05) is 15.9 Å². The van der Waals surface area contributed by atoms with Crippen molar-refractivity contribution in [3.8, 4) is 0 Å². The van der Waals surface area contributed by atoms with Crippen LogP contribution >= 0.6 is 27.3 Å². The molecule has 0 aliphatic heterocycles. The zero-order chi connectivity index (χ0) is 12.3. The van der Waals surface area contributed by atoms with Crippen LogP contribution in [-0.4, -0.2) is 10.9 Å². The maximum atomic E-state index is 11.9. The van der Waals surface area contributed by atoms with Crippen molar-refractivity contribution < 1.29 is 4.79 Å². The van der Waals surface area contributed by atoms with Gasteiger partial charge < -0.3 is 5.32 Å². The summed E-state index contributed by atoms with van der Waals surface area (Å²) in [4.78, 5) is 16.9. The average Bonchev–Trinajstić information content (AvgIpc) is 2.82. The van der Waals surface area contributed by atoms with Crippen LogP contribution < -0.4 is 5.32 Å². The summed E-state index contributed by atoms with van der Waals surface area (Å²) in [6.07, 6.45) is 1.76. The van der Waals surface area contributed by atoms with Crippen molar-refractivity contribution in [3.05, 3.63) is 50.4 Å². The van der Waals surface area contributed by atoms with Gasteiger partial charge in [0.2, 0.25) is 0 Å². The van der Waals surface area contributed by atoms with E-state index in [9.17, 15) is 4.79 Å². The van der Waals surface area contributed by atoms with Crippen LogP contribution in [0.4, 0.5) is 0 Å². The minimum Gasteiger partial charge on any atom is -0.347 e. The third-order valence-corrected chi connectivity index (χ3v) is 4.00. The Labute approximate surface area is 112 Å². The fourth-order valence-corrected chi connectivity index (χ4v) is 2.17. The van der Waals surface area contributed by atoms with E-state index in [0.29, 0.717) is 12.1 Å². The normalized spacial score (nSPS) is 10.2. The lowest BCUT2D eigenvalue weighted by Gasteiger charge is -2.05. The number of aryl methyl sites for hydroxylation is 1. The summed E-state index contributed by atoms with van der Waals surface area (Å²) < 4.78 is 1.01. The molecule has 1 amide bonds. The van der Waals surface area contributed by atoms with Crippen molar-refractivity contribution in [2.75, 3.05) is 0 Å². The molecule has 5 heteroatoms. The molecule has 0 saturated heterocycles. The predicted molar refractivity (Wildman–Crippen MR) is 72.2 cm³/mol. The highest BCUT2D eigenvalue weighted by atomic mass is 79.9. The van der Waals surface area contributed by atoms with Gasteiger partial charge in [-0.2, -0.15) is 0 Å². The largest absolute Gasteiger partial charge is 0.347 e. The number of carbonyl (C=O) groups is 1. The first kappa shape index (κ1) is 12.3. The topological polar surface area (TPSA) is 42.0 Å². The molecule has 0 fully saturated rings. The van der Waals surface area contributed by atoms with E-state index < -0.39 is 0 Å². The average molecular weight is 311 g/mol. The van der Waals surface area contributed by atoms with Gasteiger partial charge in [-0.3, -0.25) is 9.78 Å². The highest BCUT2D eigenvalue weighted by molar-refractivity contribution is 9.10. The number of rotatable bonds is 3. The molecule has 0 atom stereocenters. The van der Waals surface area contributed by atoms with Gasteiger partial charge >= 0.3 is 0 Å². The molecule has 1 aromatic heterocycles. The lowest BCUT2D eigenvalue weighted by molar-refractivity contribution is 0.0951. The Kier molecular flexibility index (Phi) is 3.91. The Morgan fingerprint density at radius 1 is 1.53 bits per heavy atom. The van der Waals surface area contributed by atoms with Gasteiger partial charge in [-0.05, 0) is 30.7 Å². The van der Waals surface area contributed by atoms with E-state index in [0.717, 1.165) is 14.9 Å². The molecular formula is C12H11BrN2OS. The van der Waals surface area contributed by atoms with Gasteiger partial charge in [0.15, 0.2) is 0 Å². The molecule has 88 valence electrons. The number of hydrogen-bond acceptors (Lipinski definition) is 3. The van der Waals surface area contributed by atoms with Crippen LogP contribution in [0.5, 0.6) is 0 Å². The van der Waals surface area contributed by atoms with Crippen molar-refractivity contribution in [2.24, 2.45) is 0 Å². The minimum absolute atomic E-state index is 0.0611. The van der Waals surface area contributed by atoms with E-state index in [2.05, 4.69) is 26.2 Å². The fraction of sp³-hybridized carbons (Fsp3) is 0.167. The Hall–Kier alpha value is -1.20. The van der Waals surface area contributed by atoms with Crippen LogP contribution in [0.1, 0.15) is 20.8 Å². The minimum atomic E-state index is -0.0611. The molecule has 0 aliphatic rings. The molecule has 3 nitrogen and oxygen atoms in total. The second-order valence-corrected chi connectivity index (χ2v) is 5.44. The maximum absolute atomic E-state index is 11.9. The molecule has 0 spiro atoms. The highest BCUT2D eigenvalue weighted by Crippen LogP contribution is 2.17. The van der Waals surface area contributed by atoms with E-state index in [1.165, 1.54) is 11.3 Å². The third kappa shape index (κ3) is 3.14. The molecule has 2 rings (SSSR count). The SMILES string of the molecule is Cc1cc(C(=O)NCc2cncs2)ccc1Br. The zero-order valence-electron chi connectivity index (χ0n) is 9.24. The number of carbonyl (C=O) groups excluding carboxylic acids is 1. The fourth-order valence-electron chi connectivity index (χ4n) is 1.38. The molecule has 17 heavy (non-hydrogen) atoms. The number of hydrogen-bond donors (Lipinski definition) is 1. The number of nitrogens with zero attached hydrogens (tertiary/aromatic N) is 1. The smallest absolute Gasteiger partial charge is 0.251 e. The van der Waals surface area contributed by atoms with Gasteiger partial charge in [0, 0.05) is 21.1 Å². The Morgan fingerprint density at radius 2 is 2.35 bits per heavy atom. The van der Waals surface area contributed by atoms with Gasteiger partial charge in [0.05, 0.1) is 12.1 Å². The standard InChI is InChI=1S/C12H11BrN2OS/c1-8-4-9(2-3-11(8)13)12(16)15-6-10-5-14-7-17-10/h2-5,7H,6H2,1H3,(H,15,16). The predicted octanol–water partition coefficient (Wildman–Crippen LogP) is 3.14. The summed E-state index contributed by atoms with van der Waals surface area (Å²) in [5.74, 6) is -0.0611. The summed E-state index contributed by atoms with van der Waals surface area (Å²) in [6.45, 7) is 2.49. The summed E-state index contributed by atoms with van der Waals surface area (Å²) in [7, 11) is 0. The first-order chi connectivity index (χ1) is 8.16. The highest BCUT2D eigenvalue weighted by Gasteiger charge is 2.06. The monoisotopic (exact) mass is 310 g/mol. The van der Waals surface area contributed by atoms with Crippen LogP contribution in [0.2, 0.25) is 0 Å². The number of aromatic nitrogens is 1. The van der Waals surface area contributed by atoms with Gasteiger partial charge in [-0.15, -0.1) is 11.3 Å². The van der Waals surface area contributed by atoms with Gasteiger partial charge in [-0.25, -0.2) is 0 Å². The Balaban J connectivity index is 2.02. The Morgan fingerprint density at radius 3 is 3.00 bits per heavy atom. The van der Waals surface area contributed by atoms with Crippen molar-refractivity contribution in [1.82, 2.24) is 10.3 Å². The molecule has 0 aliphatic carbocycles. The summed E-state index contributed by atoms with van der Waals surface area (Å²) in [5, 5.41) is 2.86. The van der Waals surface area contributed by atoms with E-state index in [1.54, 1.807) is 17.8 Å². The molecule has 0 bridgehead atoms. The summed E-state index contributed by atoms with van der Waals surface area (Å²) in [5.41, 5.74) is 3.48. The van der Waals surface area contributed by atoms with E-state index in [1.807, 2.05) is 19.1 Å². The summed E-state index contributed by atoms with van der Waals surface area (Å²) >= 11 is 4.94. The van der Waals surface area contributed by atoms with Crippen molar-refractivity contribution in [3.63, 3.8) is 0 Å². The van der Waals surface area contributed by atoms with Gasteiger partial charge in [0.1, 0.15) is 0 Å². The molecular weight excluding hydrogens is 300 g/mol. The first-order valence-electron chi connectivity index (χ1n) is 5.08. The van der Waals surface area contributed by atoms with Crippen LogP contribution in [0.15, 0.2) is 34.4 Å². The maximum Gasteiger partial charge on any atom is 0.251 e. The molecule has 1 aromatic carbocycles. The van der Waals surface area contributed by atoms with Crippen LogP contribution in [0.25, 0.3) is 0 Å². The number of halogens is 1. The van der Waals surface area contributed by atoms with Crippen LogP contribution in [0.3, 0.4) is 0 Å². The first-order valence-corrected chi connectivity index (χ1v) is 6.76. The van der Waals surface area contributed by atoms with E-state index >= 15 is 0 Å². The number of benzene rings is 1. The molecule has 0 unspecified atom stereocenters. The van der Waals surface area contributed by atoms with Gasteiger partial charge in [0.25, 0.3) is 5.91 Å².